The molecule has 2 aromatic heterocycles. The second-order valence-corrected chi connectivity index (χ2v) is 11.8. The lowest BCUT2D eigenvalue weighted by molar-refractivity contribution is 0.0954. The fraction of sp³-hybridized carbons (Fsp3) is 0.314. The molecule has 244 valence electrons. The van der Waals surface area contributed by atoms with Crippen LogP contribution in [0.1, 0.15) is 59.3 Å². The summed E-state index contributed by atoms with van der Waals surface area (Å²) in [5.41, 5.74) is 9.35. The van der Waals surface area contributed by atoms with Crippen LogP contribution < -0.4 is 26.4 Å². The number of halogens is 1. The Bertz CT molecular complexity index is 1840. The number of carbonyl (C=O) groups is 2. The first-order valence-corrected chi connectivity index (χ1v) is 15.3. The van der Waals surface area contributed by atoms with Crippen LogP contribution in [0.15, 0.2) is 54.7 Å². The highest BCUT2D eigenvalue weighted by Gasteiger charge is 2.39. The number of benzene rings is 2. The van der Waals surface area contributed by atoms with Gasteiger partial charge in [0.1, 0.15) is 23.4 Å². The summed E-state index contributed by atoms with van der Waals surface area (Å²) in [5, 5.41) is 26.7. The van der Waals surface area contributed by atoms with Crippen LogP contribution in [0.2, 0.25) is 0 Å². The van der Waals surface area contributed by atoms with Crippen molar-refractivity contribution in [1.29, 1.82) is 0 Å². The summed E-state index contributed by atoms with van der Waals surface area (Å²) >= 11 is 0. The number of ether oxygens (including phenoxy) is 1. The predicted molar refractivity (Wildman–Crippen MR) is 176 cm³/mol. The molecule has 11 nitrogen and oxygen atoms in total. The number of aryl methyl sites for hydroxylation is 1. The average molecular weight is 641 g/mol. The van der Waals surface area contributed by atoms with Crippen molar-refractivity contribution in [1.82, 2.24) is 20.6 Å². The molecule has 2 aliphatic rings. The second kappa shape index (κ2) is 14.3. The molecule has 12 heteroatoms. The summed E-state index contributed by atoms with van der Waals surface area (Å²) in [7, 11) is 0. The molecule has 0 bridgehead atoms. The maximum atomic E-state index is 13.6. The van der Waals surface area contributed by atoms with Crippen LogP contribution in [0.4, 0.5) is 14.9 Å². The van der Waals surface area contributed by atoms with Crippen LogP contribution in [0.25, 0.3) is 22.2 Å². The average Bonchev–Trinajstić information content (AvgIpc) is 3.68. The topological polar surface area (TPSA) is 172 Å². The number of pyridine rings is 2. The summed E-state index contributed by atoms with van der Waals surface area (Å²) in [5.74, 6) is 0.306. The summed E-state index contributed by atoms with van der Waals surface area (Å²) in [6, 6.07) is 14.8. The van der Waals surface area contributed by atoms with Crippen LogP contribution in [-0.2, 0) is 6.42 Å². The third-order valence-corrected chi connectivity index (χ3v) is 8.05. The Kier molecular flexibility index (Phi) is 10.1. The molecule has 7 N–H and O–H groups in total. The molecule has 1 aliphatic heterocycles. The van der Waals surface area contributed by atoms with Gasteiger partial charge in [-0.3, -0.25) is 9.78 Å². The molecule has 0 saturated heterocycles. The van der Waals surface area contributed by atoms with Crippen molar-refractivity contribution in [2.75, 3.05) is 25.0 Å². The molecule has 1 atom stereocenters. The zero-order chi connectivity index (χ0) is 33.6. The number of aliphatic hydroxyl groups is 2. The molecule has 4 aromatic rings. The van der Waals surface area contributed by atoms with Gasteiger partial charge in [-0.05, 0) is 80.3 Å². The van der Waals surface area contributed by atoms with Gasteiger partial charge >= 0.3 is 6.03 Å². The Balaban J connectivity index is 0.00000103. The number of carbonyl (C=O) groups excluding carboxylic acids is 2. The van der Waals surface area contributed by atoms with Crippen molar-refractivity contribution in [2.45, 2.75) is 51.0 Å². The number of aliphatic hydroxyl groups excluding tert-OH is 1. The molecule has 1 unspecified atom stereocenters. The standard InChI is InChI=1S/C33H34FN5O4.C2H3NO/c1-19-13-22-14-23(15-27(28(22)37-17-19)39-32(41)36-12-10-33(42)8-9-33)31(40)35-11-7-25-16-26-20(2)18-43-30(26)29(38-25)21-3-5-24(34)6-4-21;3-1-2-4/h3-6,13-17,20,42H,7-12,18H2,1-2H3,(H,35,40)(H2,36,39,41);4H,3H2. The maximum absolute atomic E-state index is 13.6. The van der Waals surface area contributed by atoms with Gasteiger partial charge in [-0.15, -0.1) is 0 Å². The number of urea groups is 1. The van der Waals surface area contributed by atoms with E-state index in [2.05, 4.69) is 33.6 Å². The fourth-order valence-electron chi connectivity index (χ4n) is 5.32. The molecule has 2 aromatic carbocycles. The number of nitrogens with two attached hydrogens (primary N) is 1. The van der Waals surface area contributed by atoms with Crippen LogP contribution >= 0.6 is 0 Å². The minimum absolute atomic E-state index is 0.196. The van der Waals surface area contributed by atoms with Gasteiger partial charge in [0.15, 0.2) is 0 Å². The summed E-state index contributed by atoms with van der Waals surface area (Å²) in [6.45, 7) is 5.23. The number of nitrogens with zero attached hydrogens (tertiary/aromatic N) is 2. The monoisotopic (exact) mass is 640 g/mol. The van der Waals surface area contributed by atoms with Crippen molar-refractivity contribution in [3.8, 4) is 29.2 Å². The first kappa shape index (κ1) is 33.0. The number of rotatable bonds is 9. The van der Waals surface area contributed by atoms with Gasteiger partial charge < -0.3 is 36.6 Å². The molecule has 47 heavy (non-hydrogen) atoms. The highest BCUT2D eigenvalue weighted by Crippen LogP contribution is 2.41. The van der Waals surface area contributed by atoms with Crippen molar-refractivity contribution in [3.05, 3.63) is 82.9 Å². The van der Waals surface area contributed by atoms with Crippen molar-refractivity contribution >= 4 is 28.5 Å². The van der Waals surface area contributed by atoms with E-state index in [-0.39, 0.29) is 17.6 Å². The molecule has 1 saturated carbocycles. The zero-order valence-electron chi connectivity index (χ0n) is 26.2. The van der Waals surface area contributed by atoms with Gasteiger partial charge in [-0.25, -0.2) is 14.2 Å². The maximum Gasteiger partial charge on any atom is 0.319 e. The first-order valence-electron chi connectivity index (χ1n) is 15.3. The van der Waals surface area contributed by atoms with E-state index in [4.69, 9.17) is 14.8 Å². The van der Waals surface area contributed by atoms with Gasteiger partial charge in [0.05, 0.1) is 23.4 Å². The smallest absolute Gasteiger partial charge is 0.319 e. The molecule has 6 rings (SSSR count). The Hall–Kier alpha value is -5.41. The van der Waals surface area contributed by atoms with Crippen LogP contribution in [0, 0.1) is 24.9 Å². The quantitative estimate of drug-likeness (QED) is 0.115. The highest BCUT2D eigenvalue weighted by molar-refractivity contribution is 6.05. The second-order valence-electron chi connectivity index (χ2n) is 11.8. The number of fused-ring (bicyclic) bond motifs is 2. The Morgan fingerprint density at radius 2 is 1.87 bits per heavy atom. The molecular formula is C35H37FN6O5. The summed E-state index contributed by atoms with van der Waals surface area (Å²) < 4.78 is 19.5. The van der Waals surface area contributed by atoms with Crippen molar-refractivity contribution in [3.63, 3.8) is 0 Å². The molecule has 0 spiro atoms. The number of anilines is 1. The summed E-state index contributed by atoms with van der Waals surface area (Å²) in [6.07, 6.45) is 5.66. The lowest BCUT2D eigenvalue weighted by Gasteiger charge is -2.14. The number of aromatic nitrogens is 2. The lowest BCUT2D eigenvalue weighted by Crippen LogP contribution is -2.32. The predicted octanol–water partition coefficient (Wildman–Crippen LogP) is 4.49. The minimum Gasteiger partial charge on any atom is -0.490 e. The number of hydrogen-bond acceptors (Lipinski definition) is 8. The third-order valence-electron chi connectivity index (χ3n) is 8.05. The van der Waals surface area contributed by atoms with E-state index in [1.807, 2.05) is 19.1 Å². The number of nitrogens with one attached hydrogen (secondary N) is 3. The van der Waals surface area contributed by atoms with E-state index in [1.54, 1.807) is 36.5 Å². The van der Waals surface area contributed by atoms with E-state index < -0.39 is 11.6 Å². The Morgan fingerprint density at radius 1 is 1.13 bits per heavy atom. The molecule has 1 aliphatic carbocycles. The molecule has 0 radical (unpaired) electrons. The van der Waals surface area contributed by atoms with Crippen molar-refractivity contribution < 1.29 is 28.9 Å². The zero-order valence-corrected chi connectivity index (χ0v) is 26.2. The van der Waals surface area contributed by atoms with Gasteiger partial charge in [-0.1, -0.05) is 6.92 Å². The fourth-order valence-corrected chi connectivity index (χ4v) is 5.32. The van der Waals surface area contributed by atoms with E-state index >= 15 is 0 Å². The van der Waals surface area contributed by atoms with Gasteiger partial charge in [0, 0.05) is 65.4 Å². The van der Waals surface area contributed by atoms with E-state index in [1.165, 1.54) is 18.2 Å². The number of hydrogen-bond donors (Lipinski definition) is 6. The van der Waals surface area contributed by atoms with E-state index in [9.17, 15) is 19.1 Å². The first-order chi connectivity index (χ1) is 22.6. The number of amides is 3. The van der Waals surface area contributed by atoms with E-state index in [0.717, 1.165) is 46.4 Å². The van der Waals surface area contributed by atoms with E-state index in [0.29, 0.717) is 55.0 Å². The van der Waals surface area contributed by atoms with Crippen LogP contribution in [-0.4, -0.2) is 57.4 Å². The van der Waals surface area contributed by atoms with Crippen molar-refractivity contribution in [2.24, 2.45) is 5.73 Å². The molecule has 3 heterocycles. The van der Waals surface area contributed by atoms with Gasteiger partial charge in [0.25, 0.3) is 5.91 Å². The molecule has 3 amide bonds. The molecule has 1 fully saturated rings. The Morgan fingerprint density at radius 3 is 2.57 bits per heavy atom. The third kappa shape index (κ3) is 8.25. The normalized spacial score (nSPS) is 15.2. The lowest BCUT2D eigenvalue weighted by atomic mass is 9.99. The Labute approximate surface area is 271 Å². The highest BCUT2D eigenvalue weighted by atomic mass is 19.1. The van der Waals surface area contributed by atoms with Crippen LogP contribution in [0.5, 0.6) is 5.75 Å². The summed E-state index contributed by atoms with van der Waals surface area (Å²) in [4.78, 5) is 35.2. The van der Waals surface area contributed by atoms with Gasteiger partial charge in [0.2, 0.25) is 0 Å². The minimum atomic E-state index is -0.652. The molecular weight excluding hydrogens is 603 g/mol. The van der Waals surface area contributed by atoms with Crippen LogP contribution in [0.3, 0.4) is 0 Å². The van der Waals surface area contributed by atoms with Gasteiger partial charge in [-0.2, -0.15) is 0 Å². The largest absolute Gasteiger partial charge is 0.490 e. The SMILES string of the molecule is Cc1cnc2c(NC(=O)NCCC3(O)CC3)cc(C(=O)NCCc3cc4c(c(-c5ccc(F)cc5)n3)OCC4C)cc2c1.NC#CO.